The number of cyclic esters (lactones) is 1. The normalized spacial score (nSPS) is 14.7. The van der Waals surface area contributed by atoms with Crippen LogP contribution in [0.25, 0.3) is 6.08 Å². The van der Waals surface area contributed by atoms with Gasteiger partial charge in [-0.2, -0.15) is 0 Å². The highest BCUT2D eigenvalue weighted by molar-refractivity contribution is 6.13. The summed E-state index contributed by atoms with van der Waals surface area (Å²) in [6.07, 6.45) is 4.96. The third-order valence-corrected chi connectivity index (χ3v) is 4.62. The lowest BCUT2D eigenvalue weighted by Crippen LogP contribution is -2.11. The molecule has 0 spiro atoms. The Morgan fingerprint density at radius 3 is 2.32 bits per heavy atom. The summed E-state index contributed by atoms with van der Waals surface area (Å²) < 4.78 is 16.7. The lowest BCUT2D eigenvalue weighted by atomic mass is 9.87. The molecule has 0 aliphatic carbocycles. The summed E-state index contributed by atoms with van der Waals surface area (Å²) in [5, 5.41) is 0. The molecule has 0 atom stereocenters. The van der Waals surface area contributed by atoms with E-state index in [2.05, 4.69) is 38.9 Å². The molecule has 0 bridgehead atoms. The number of rotatable bonds is 8. The molecule has 0 aromatic heterocycles. The Balaban J connectivity index is 1.90. The fourth-order valence-corrected chi connectivity index (χ4v) is 2.95. The molecule has 0 fully saturated rings. The first-order valence-corrected chi connectivity index (χ1v) is 10.1. The Bertz CT molecular complexity index is 1040. The zero-order valence-corrected chi connectivity index (χ0v) is 18.2. The van der Waals surface area contributed by atoms with Gasteiger partial charge in [0.1, 0.15) is 24.7 Å². The second-order valence-electron chi connectivity index (χ2n) is 8.06. The van der Waals surface area contributed by atoms with Crippen LogP contribution in [0.2, 0.25) is 0 Å². The highest BCUT2D eigenvalue weighted by Crippen LogP contribution is 2.29. The van der Waals surface area contributed by atoms with Gasteiger partial charge in [0.15, 0.2) is 5.70 Å². The fourth-order valence-electron chi connectivity index (χ4n) is 2.95. The molecule has 1 heterocycles. The Hall–Kier alpha value is -3.60. The molecule has 0 saturated heterocycles. The summed E-state index contributed by atoms with van der Waals surface area (Å²) in [4.78, 5) is 16.8. The molecule has 2 aromatic carbocycles. The Kier molecular flexibility index (Phi) is 6.75. The van der Waals surface area contributed by atoms with Gasteiger partial charge in [0, 0.05) is 17.2 Å². The summed E-state index contributed by atoms with van der Waals surface area (Å²) >= 11 is 0. The van der Waals surface area contributed by atoms with Crippen molar-refractivity contribution in [2.75, 3.05) is 13.2 Å². The highest BCUT2D eigenvalue weighted by Gasteiger charge is 2.25. The van der Waals surface area contributed by atoms with Gasteiger partial charge in [-0.1, -0.05) is 58.2 Å². The van der Waals surface area contributed by atoms with Crippen molar-refractivity contribution in [3.05, 3.63) is 90.2 Å². The fraction of sp³-hybridized carbons (Fsp3) is 0.231. The summed E-state index contributed by atoms with van der Waals surface area (Å²) in [7, 11) is 0. The van der Waals surface area contributed by atoms with E-state index in [9.17, 15) is 4.79 Å². The van der Waals surface area contributed by atoms with Gasteiger partial charge >= 0.3 is 5.97 Å². The van der Waals surface area contributed by atoms with Crippen molar-refractivity contribution in [2.24, 2.45) is 4.99 Å². The van der Waals surface area contributed by atoms with E-state index in [4.69, 9.17) is 14.2 Å². The predicted molar refractivity (Wildman–Crippen MR) is 124 cm³/mol. The van der Waals surface area contributed by atoms with Gasteiger partial charge in [0.25, 0.3) is 0 Å². The molecule has 0 unspecified atom stereocenters. The molecule has 1 aliphatic rings. The van der Waals surface area contributed by atoms with Gasteiger partial charge in [-0.05, 0) is 41.3 Å². The predicted octanol–water partition coefficient (Wildman–Crippen LogP) is 5.46. The number of hydrogen-bond acceptors (Lipinski definition) is 5. The molecular weight excluding hydrogens is 390 g/mol. The van der Waals surface area contributed by atoms with Crippen molar-refractivity contribution >= 4 is 17.9 Å². The van der Waals surface area contributed by atoms with E-state index in [1.165, 1.54) is 5.56 Å². The molecule has 3 rings (SSSR count). The first-order valence-electron chi connectivity index (χ1n) is 10.1. The van der Waals surface area contributed by atoms with Crippen LogP contribution in [0.3, 0.4) is 0 Å². The monoisotopic (exact) mass is 417 g/mol. The molecule has 31 heavy (non-hydrogen) atoms. The molecule has 1 aliphatic heterocycles. The minimum Gasteiger partial charge on any atom is -0.489 e. The molecular formula is C26H27NO4. The first-order chi connectivity index (χ1) is 14.8. The number of esters is 1. The van der Waals surface area contributed by atoms with Crippen molar-refractivity contribution in [1.29, 1.82) is 0 Å². The number of benzene rings is 2. The summed E-state index contributed by atoms with van der Waals surface area (Å²) in [6, 6.07) is 13.2. The van der Waals surface area contributed by atoms with E-state index < -0.39 is 5.97 Å². The van der Waals surface area contributed by atoms with Crippen molar-refractivity contribution in [1.82, 2.24) is 0 Å². The first kappa shape index (κ1) is 22.1. The molecule has 160 valence electrons. The van der Waals surface area contributed by atoms with Gasteiger partial charge in [-0.25, -0.2) is 9.79 Å². The zero-order valence-electron chi connectivity index (χ0n) is 18.2. The molecule has 0 amide bonds. The lowest BCUT2D eigenvalue weighted by molar-refractivity contribution is -0.129. The van der Waals surface area contributed by atoms with Gasteiger partial charge < -0.3 is 14.2 Å². The van der Waals surface area contributed by atoms with Gasteiger partial charge in [-0.3, -0.25) is 0 Å². The Labute approximate surface area is 183 Å². The van der Waals surface area contributed by atoms with E-state index in [0.29, 0.717) is 30.3 Å². The third kappa shape index (κ3) is 5.51. The molecule has 0 saturated carbocycles. The highest BCUT2D eigenvalue weighted by atomic mass is 16.6. The van der Waals surface area contributed by atoms with E-state index in [1.807, 2.05) is 30.3 Å². The Morgan fingerprint density at radius 2 is 1.68 bits per heavy atom. The maximum Gasteiger partial charge on any atom is 0.363 e. The van der Waals surface area contributed by atoms with Crippen LogP contribution in [0.4, 0.5) is 0 Å². The second-order valence-corrected chi connectivity index (χ2v) is 8.06. The molecule has 5 heteroatoms. The standard InChI is InChI=1S/C26H27NO4/c1-6-14-29-21-13-10-19(23(17-21)30-15-7-2)16-22-25(28)31-24(27-22)18-8-11-20(12-9-18)26(3,4)5/h6-13,16-17H,1-2,14-15H2,3-5H3. The topological polar surface area (TPSA) is 57.1 Å². The summed E-state index contributed by atoms with van der Waals surface area (Å²) in [5.41, 5.74) is 2.88. The molecule has 2 aromatic rings. The quantitative estimate of drug-likeness (QED) is 0.325. The van der Waals surface area contributed by atoms with Crippen LogP contribution in [0, 0.1) is 0 Å². The SMILES string of the molecule is C=CCOc1ccc(C=C2N=C(c3ccc(C(C)(C)C)cc3)OC2=O)c(OCC=C)c1. The van der Waals surface area contributed by atoms with Gasteiger partial charge in [-0.15, -0.1) is 0 Å². The maximum atomic E-state index is 12.4. The van der Waals surface area contributed by atoms with Crippen LogP contribution in [-0.2, 0) is 14.9 Å². The lowest BCUT2D eigenvalue weighted by Gasteiger charge is -2.18. The van der Waals surface area contributed by atoms with Gasteiger partial charge in [0.05, 0.1) is 0 Å². The number of ether oxygens (including phenoxy) is 3. The van der Waals surface area contributed by atoms with Crippen LogP contribution >= 0.6 is 0 Å². The second kappa shape index (κ2) is 9.47. The third-order valence-electron chi connectivity index (χ3n) is 4.62. The van der Waals surface area contributed by atoms with E-state index in [-0.39, 0.29) is 17.0 Å². The van der Waals surface area contributed by atoms with Crippen molar-refractivity contribution in [3.8, 4) is 11.5 Å². The summed E-state index contributed by atoms with van der Waals surface area (Å²) in [6.45, 7) is 14.5. The van der Waals surface area contributed by atoms with Crippen molar-refractivity contribution < 1.29 is 19.0 Å². The zero-order chi connectivity index (χ0) is 22.4. The van der Waals surface area contributed by atoms with Crippen molar-refractivity contribution in [2.45, 2.75) is 26.2 Å². The van der Waals surface area contributed by atoms with Crippen LogP contribution < -0.4 is 9.47 Å². The summed E-state index contributed by atoms with van der Waals surface area (Å²) in [5.74, 6) is 0.978. The average Bonchev–Trinajstić information content (AvgIpc) is 3.11. The largest absolute Gasteiger partial charge is 0.489 e. The van der Waals surface area contributed by atoms with Crippen LogP contribution in [0.1, 0.15) is 37.5 Å². The maximum absolute atomic E-state index is 12.4. The minimum absolute atomic E-state index is 0.0428. The number of carbonyl (C=O) groups excluding carboxylic acids is 1. The van der Waals surface area contributed by atoms with Crippen LogP contribution in [0.15, 0.2) is 78.5 Å². The van der Waals surface area contributed by atoms with Crippen LogP contribution in [-0.4, -0.2) is 25.1 Å². The van der Waals surface area contributed by atoms with E-state index >= 15 is 0 Å². The number of hydrogen-bond donors (Lipinski definition) is 0. The van der Waals surface area contributed by atoms with Gasteiger partial charge in [0.2, 0.25) is 5.90 Å². The average molecular weight is 418 g/mol. The molecule has 0 radical (unpaired) electrons. The molecule has 0 N–H and O–H groups in total. The molecule has 5 nitrogen and oxygen atoms in total. The number of aliphatic imine (C=N–C) groups is 1. The number of carbonyl (C=O) groups is 1. The van der Waals surface area contributed by atoms with E-state index in [1.54, 1.807) is 30.4 Å². The van der Waals surface area contributed by atoms with Crippen molar-refractivity contribution in [3.63, 3.8) is 0 Å². The Morgan fingerprint density at radius 1 is 1.00 bits per heavy atom. The number of nitrogens with zero attached hydrogens (tertiary/aromatic N) is 1. The smallest absolute Gasteiger partial charge is 0.363 e. The van der Waals surface area contributed by atoms with Crippen LogP contribution in [0.5, 0.6) is 11.5 Å². The van der Waals surface area contributed by atoms with E-state index in [0.717, 1.165) is 5.56 Å². The minimum atomic E-state index is -0.503.